The van der Waals surface area contributed by atoms with E-state index >= 15 is 0 Å². The van der Waals surface area contributed by atoms with Crippen molar-refractivity contribution in [3.8, 4) is 0 Å². The summed E-state index contributed by atoms with van der Waals surface area (Å²) in [4.78, 5) is 16.8. The first-order chi connectivity index (χ1) is 9.25. The van der Waals surface area contributed by atoms with Crippen molar-refractivity contribution in [2.45, 2.75) is 18.9 Å². The molecule has 5 nitrogen and oxygen atoms in total. The molecule has 0 N–H and O–H groups in total. The molecule has 19 heavy (non-hydrogen) atoms. The molecular weight excluding hydrogens is 260 g/mol. The minimum atomic E-state index is 0.0823. The summed E-state index contributed by atoms with van der Waals surface area (Å²) >= 11 is 2.00. The number of thioether (sulfide) groups is 1. The molecule has 0 aromatic carbocycles. The molecule has 2 fully saturated rings. The summed E-state index contributed by atoms with van der Waals surface area (Å²) < 4.78 is 1.75. The zero-order chi connectivity index (χ0) is 13.2. The average Bonchev–Trinajstić information content (AvgIpc) is 2.87. The van der Waals surface area contributed by atoms with Gasteiger partial charge in [0.15, 0.2) is 0 Å². The molecule has 2 aliphatic rings. The van der Waals surface area contributed by atoms with Crippen LogP contribution in [0.1, 0.15) is 12.8 Å². The van der Waals surface area contributed by atoms with Crippen LogP contribution in [0, 0.1) is 0 Å². The maximum atomic E-state index is 12.6. The molecule has 2 saturated heterocycles. The van der Waals surface area contributed by atoms with Crippen molar-refractivity contribution in [2.24, 2.45) is 7.05 Å². The number of aromatic nitrogens is 2. The zero-order valence-electron chi connectivity index (χ0n) is 11.3. The van der Waals surface area contributed by atoms with Crippen LogP contribution in [0.3, 0.4) is 0 Å². The van der Waals surface area contributed by atoms with Crippen LogP contribution in [0.5, 0.6) is 0 Å². The van der Waals surface area contributed by atoms with E-state index in [-0.39, 0.29) is 11.9 Å². The molecule has 0 radical (unpaired) electrons. The molecule has 1 aromatic heterocycles. The predicted octanol–water partition coefficient (Wildman–Crippen LogP) is 0.964. The Bertz CT molecular complexity index is 453. The van der Waals surface area contributed by atoms with Gasteiger partial charge in [-0.05, 0) is 25.1 Å². The van der Waals surface area contributed by atoms with Crippen LogP contribution >= 0.6 is 11.8 Å². The fourth-order valence-corrected chi connectivity index (χ4v) is 3.79. The minimum Gasteiger partial charge on any atom is -0.308 e. The van der Waals surface area contributed by atoms with Crippen molar-refractivity contribution in [2.75, 3.05) is 36.0 Å². The molecule has 3 rings (SSSR count). The summed E-state index contributed by atoms with van der Waals surface area (Å²) in [5.41, 5.74) is 0.930. The summed E-state index contributed by atoms with van der Waals surface area (Å²) in [6.07, 6.45) is 5.83. The lowest BCUT2D eigenvalue weighted by atomic mass is 10.2. The number of anilines is 1. The van der Waals surface area contributed by atoms with Crippen LogP contribution in [0.4, 0.5) is 5.69 Å². The Balaban J connectivity index is 1.70. The van der Waals surface area contributed by atoms with Gasteiger partial charge in [-0.25, -0.2) is 0 Å². The fourth-order valence-electron chi connectivity index (χ4n) is 2.88. The first kappa shape index (κ1) is 13.0. The minimum absolute atomic E-state index is 0.0823. The van der Waals surface area contributed by atoms with Crippen molar-refractivity contribution < 1.29 is 4.79 Å². The smallest absolute Gasteiger partial charge is 0.244 e. The molecule has 0 saturated carbocycles. The molecule has 0 unspecified atom stereocenters. The molecule has 0 aliphatic carbocycles. The molecule has 2 aliphatic heterocycles. The highest BCUT2D eigenvalue weighted by Gasteiger charge is 2.37. The standard InChI is InChI=1S/C13H20N4OS/c1-15-10-11(9-14-15)17-5-3-12(13(17)18)16-4-2-7-19-8-6-16/h9-10,12H,2-8H2,1H3/t12-/m0/s1. The van der Waals surface area contributed by atoms with Crippen LogP contribution in [0.25, 0.3) is 0 Å². The summed E-state index contributed by atoms with van der Waals surface area (Å²) in [5.74, 6) is 2.63. The Labute approximate surface area is 117 Å². The molecular formula is C13H20N4OS. The Morgan fingerprint density at radius 1 is 1.32 bits per heavy atom. The predicted molar refractivity (Wildman–Crippen MR) is 77.5 cm³/mol. The molecule has 1 atom stereocenters. The van der Waals surface area contributed by atoms with Crippen LogP contribution in [-0.2, 0) is 11.8 Å². The molecule has 1 aromatic rings. The van der Waals surface area contributed by atoms with Crippen molar-refractivity contribution in [1.82, 2.24) is 14.7 Å². The first-order valence-electron chi connectivity index (χ1n) is 6.87. The van der Waals surface area contributed by atoms with E-state index in [2.05, 4.69) is 10.00 Å². The van der Waals surface area contributed by atoms with Gasteiger partial charge >= 0.3 is 0 Å². The second kappa shape index (κ2) is 5.54. The van der Waals surface area contributed by atoms with Gasteiger partial charge in [-0.1, -0.05) is 0 Å². The van der Waals surface area contributed by atoms with Gasteiger partial charge in [0.05, 0.1) is 17.9 Å². The van der Waals surface area contributed by atoms with E-state index < -0.39 is 0 Å². The van der Waals surface area contributed by atoms with Crippen molar-refractivity contribution in [1.29, 1.82) is 0 Å². The van der Waals surface area contributed by atoms with Crippen LogP contribution in [-0.4, -0.2) is 57.8 Å². The van der Waals surface area contributed by atoms with Crippen molar-refractivity contribution in [3.63, 3.8) is 0 Å². The number of nitrogens with zero attached hydrogens (tertiary/aromatic N) is 4. The van der Waals surface area contributed by atoms with E-state index in [0.29, 0.717) is 0 Å². The molecule has 1 amide bonds. The highest BCUT2D eigenvalue weighted by Crippen LogP contribution is 2.25. The highest BCUT2D eigenvalue weighted by molar-refractivity contribution is 7.99. The van der Waals surface area contributed by atoms with E-state index in [0.717, 1.165) is 37.5 Å². The number of hydrogen-bond acceptors (Lipinski definition) is 4. The van der Waals surface area contributed by atoms with E-state index in [1.54, 1.807) is 10.9 Å². The Hall–Kier alpha value is -1.01. The third kappa shape index (κ3) is 2.65. The number of amides is 1. The van der Waals surface area contributed by atoms with E-state index in [4.69, 9.17) is 0 Å². The zero-order valence-corrected chi connectivity index (χ0v) is 12.1. The third-order valence-corrected chi connectivity index (χ3v) is 4.93. The SMILES string of the molecule is Cn1cc(N2CC[C@H](N3CCCSCC3)C2=O)cn1. The Morgan fingerprint density at radius 2 is 2.21 bits per heavy atom. The molecule has 3 heterocycles. The van der Waals surface area contributed by atoms with Gasteiger partial charge in [0.1, 0.15) is 0 Å². The lowest BCUT2D eigenvalue weighted by Crippen LogP contribution is -2.43. The second-order valence-corrected chi connectivity index (χ2v) is 6.39. The normalized spacial score (nSPS) is 25.8. The summed E-state index contributed by atoms with van der Waals surface area (Å²) in [7, 11) is 1.88. The number of rotatable bonds is 2. The van der Waals surface area contributed by atoms with Crippen LogP contribution in [0.2, 0.25) is 0 Å². The summed E-state index contributed by atoms with van der Waals surface area (Å²) in [5, 5.41) is 4.15. The average molecular weight is 280 g/mol. The molecule has 104 valence electrons. The van der Waals surface area contributed by atoms with Gasteiger partial charge in [-0.3, -0.25) is 14.4 Å². The largest absolute Gasteiger partial charge is 0.308 e. The van der Waals surface area contributed by atoms with Gasteiger partial charge in [0.25, 0.3) is 0 Å². The van der Waals surface area contributed by atoms with E-state index in [1.165, 1.54) is 12.2 Å². The second-order valence-electron chi connectivity index (χ2n) is 5.17. The van der Waals surface area contributed by atoms with E-state index in [1.807, 2.05) is 29.9 Å². The van der Waals surface area contributed by atoms with Crippen molar-refractivity contribution in [3.05, 3.63) is 12.4 Å². The van der Waals surface area contributed by atoms with Gasteiger partial charge in [0.2, 0.25) is 5.91 Å². The summed E-state index contributed by atoms with van der Waals surface area (Å²) in [6.45, 7) is 2.92. The molecule has 6 heteroatoms. The van der Waals surface area contributed by atoms with Gasteiger partial charge in [0, 0.05) is 32.1 Å². The maximum absolute atomic E-state index is 12.6. The number of carbonyl (C=O) groups excluding carboxylic acids is 1. The monoisotopic (exact) mass is 280 g/mol. The van der Waals surface area contributed by atoms with Gasteiger partial charge in [-0.2, -0.15) is 16.9 Å². The number of carbonyl (C=O) groups is 1. The summed E-state index contributed by atoms with van der Waals surface area (Å²) in [6, 6.07) is 0.0823. The van der Waals surface area contributed by atoms with Gasteiger partial charge < -0.3 is 4.90 Å². The first-order valence-corrected chi connectivity index (χ1v) is 8.03. The Morgan fingerprint density at radius 3 is 3.00 bits per heavy atom. The molecule has 0 spiro atoms. The van der Waals surface area contributed by atoms with E-state index in [9.17, 15) is 4.79 Å². The number of aryl methyl sites for hydroxylation is 1. The maximum Gasteiger partial charge on any atom is 0.244 e. The van der Waals surface area contributed by atoms with Crippen LogP contribution in [0.15, 0.2) is 12.4 Å². The topological polar surface area (TPSA) is 41.4 Å². The molecule has 0 bridgehead atoms. The van der Waals surface area contributed by atoms with Gasteiger partial charge in [-0.15, -0.1) is 0 Å². The van der Waals surface area contributed by atoms with Crippen LogP contribution < -0.4 is 4.90 Å². The fraction of sp³-hybridized carbons (Fsp3) is 0.692. The Kier molecular flexibility index (Phi) is 3.79. The lowest BCUT2D eigenvalue weighted by molar-refractivity contribution is -0.121. The lowest BCUT2D eigenvalue weighted by Gasteiger charge is -2.25. The highest BCUT2D eigenvalue weighted by atomic mass is 32.2. The number of hydrogen-bond donors (Lipinski definition) is 0. The quantitative estimate of drug-likeness (QED) is 0.809. The third-order valence-electron chi connectivity index (χ3n) is 3.88. The van der Waals surface area contributed by atoms with Crippen molar-refractivity contribution >= 4 is 23.4 Å².